The Morgan fingerprint density at radius 2 is 1.50 bits per heavy atom. The molecule has 0 bridgehead atoms. The second-order valence-electron chi connectivity index (χ2n) is 6.26. The number of hydrogen-bond donors (Lipinski definition) is 0. The van der Waals surface area contributed by atoms with Gasteiger partial charge in [0.25, 0.3) is 0 Å². The third-order valence-corrected chi connectivity index (χ3v) is 4.62. The Hall–Kier alpha value is -2.09. The van der Waals surface area contributed by atoms with Crippen molar-refractivity contribution >= 4 is 5.78 Å². The first-order valence-electron chi connectivity index (χ1n) is 7.94. The summed E-state index contributed by atoms with van der Waals surface area (Å²) in [4.78, 5) is 12.2. The van der Waals surface area contributed by atoms with Gasteiger partial charge in [-0.3, -0.25) is 4.79 Å². The Bertz CT molecular complexity index is 640. The molecule has 2 atom stereocenters. The molecule has 2 nitrogen and oxygen atoms in total. The standard InChI is InChI=1S/C20H22O2/c1-14-3-12-19(20(21)13-14)17-6-4-15(5-7-17)16-8-10-18(22-2)11-9-16/h4-11,14,19H,3,12-13H2,1-2H3. The van der Waals surface area contributed by atoms with Gasteiger partial charge in [0.2, 0.25) is 0 Å². The van der Waals surface area contributed by atoms with Gasteiger partial charge in [-0.25, -0.2) is 0 Å². The topological polar surface area (TPSA) is 26.3 Å². The first-order chi connectivity index (χ1) is 10.7. The molecule has 0 heterocycles. The van der Waals surface area contributed by atoms with Gasteiger partial charge in [-0.2, -0.15) is 0 Å². The van der Waals surface area contributed by atoms with Crippen molar-refractivity contribution < 1.29 is 9.53 Å². The van der Waals surface area contributed by atoms with E-state index in [1.807, 2.05) is 12.1 Å². The minimum Gasteiger partial charge on any atom is -0.497 e. The molecule has 2 unspecified atom stereocenters. The molecule has 3 rings (SSSR count). The Labute approximate surface area is 132 Å². The van der Waals surface area contributed by atoms with Crippen LogP contribution in [0.15, 0.2) is 48.5 Å². The van der Waals surface area contributed by atoms with Gasteiger partial charge in [0.05, 0.1) is 7.11 Å². The van der Waals surface area contributed by atoms with Crippen LogP contribution in [0.5, 0.6) is 5.75 Å². The monoisotopic (exact) mass is 294 g/mol. The van der Waals surface area contributed by atoms with Gasteiger partial charge >= 0.3 is 0 Å². The minimum atomic E-state index is 0.0983. The second kappa shape index (κ2) is 6.35. The highest BCUT2D eigenvalue weighted by Crippen LogP contribution is 2.34. The molecule has 1 aliphatic rings. The first-order valence-corrected chi connectivity index (χ1v) is 7.94. The Kier molecular flexibility index (Phi) is 4.28. The number of carbonyl (C=O) groups excluding carboxylic acids is 1. The second-order valence-corrected chi connectivity index (χ2v) is 6.26. The van der Waals surface area contributed by atoms with E-state index in [0.717, 1.165) is 36.1 Å². The summed E-state index contributed by atoms with van der Waals surface area (Å²) < 4.78 is 5.19. The number of carbonyl (C=O) groups is 1. The normalized spacial score (nSPS) is 21.6. The van der Waals surface area contributed by atoms with E-state index in [1.54, 1.807) is 7.11 Å². The van der Waals surface area contributed by atoms with Crippen molar-refractivity contribution in [1.29, 1.82) is 0 Å². The van der Waals surface area contributed by atoms with E-state index in [2.05, 4.69) is 43.3 Å². The summed E-state index contributed by atoms with van der Waals surface area (Å²) in [6, 6.07) is 16.5. The molecule has 2 heteroatoms. The molecule has 0 aromatic heterocycles. The lowest BCUT2D eigenvalue weighted by atomic mass is 9.78. The van der Waals surface area contributed by atoms with Crippen LogP contribution in [-0.2, 0) is 4.79 Å². The van der Waals surface area contributed by atoms with Crippen LogP contribution < -0.4 is 4.74 Å². The molecule has 0 radical (unpaired) electrons. The van der Waals surface area contributed by atoms with Crippen LogP contribution in [0.1, 0.15) is 37.7 Å². The van der Waals surface area contributed by atoms with Crippen molar-refractivity contribution in [2.45, 2.75) is 32.1 Å². The maximum Gasteiger partial charge on any atom is 0.140 e. The van der Waals surface area contributed by atoms with Crippen LogP contribution in [0.3, 0.4) is 0 Å². The van der Waals surface area contributed by atoms with E-state index in [4.69, 9.17) is 4.74 Å². The van der Waals surface area contributed by atoms with E-state index >= 15 is 0 Å². The van der Waals surface area contributed by atoms with Crippen LogP contribution in [0, 0.1) is 5.92 Å². The van der Waals surface area contributed by atoms with Crippen molar-refractivity contribution in [3.63, 3.8) is 0 Å². The lowest BCUT2D eigenvalue weighted by Gasteiger charge is -2.25. The van der Waals surface area contributed by atoms with Crippen molar-refractivity contribution in [1.82, 2.24) is 0 Å². The molecule has 0 aliphatic heterocycles. The Morgan fingerprint density at radius 1 is 0.909 bits per heavy atom. The molecule has 0 saturated heterocycles. The van der Waals surface area contributed by atoms with E-state index < -0.39 is 0 Å². The molecule has 22 heavy (non-hydrogen) atoms. The van der Waals surface area contributed by atoms with Crippen molar-refractivity contribution in [3.8, 4) is 16.9 Å². The summed E-state index contributed by atoms with van der Waals surface area (Å²) in [6.07, 6.45) is 2.86. The molecule has 114 valence electrons. The van der Waals surface area contributed by atoms with Gasteiger partial charge in [-0.15, -0.1) is 0 Å². The van der Waals surface area contributed by atoms with E-state index in [0.29, 0.717) is 11.7 Å². The fourth-order valence-electron chi connectivity index (χ4n) is 3.24. The Balaban J connectivity index is 1.78. The van der Waals surface area contributed by atoms with Crippen LogP contribution in [0.4, 0.5) is 0 Å². The molecule has 1 aliphatic carbocycles. The SMILES string of the molecule is COc1ccc(-c2ccc(C3CCC(C)CC3=O)cc2)cc1. The molecule has 2 aromatic carbocycles. The highest BCUT2D eigenvalue weighted by atomic mass is 16.5. The largest absolute Gasteiger partial charge is 0.497 e. The summed E-state index contributed by atoms with van der Waals surface area (Å²) in [5.41, 5.74) is 3.49. The van der Waals surface area contributed by atoms with E-state index in [1.165, 1.54) is 5.56 Å². The summed E-state index contributed by atoms with van der Waals surface area (Å²) in [5.74, 6) is 1.90. The lowest BCUT2D eigenvalue weighted by Crippen LogP contribution is -2.21. The number of methoxy groups -OCH3 is 1. The predicted molar refractivity (Wildman–Crippen MR) is 89.2 cm³/mol. The molecule has 1 fully saturated rings. The summed E-state index contributed by atoms with van der Waals surface area (Å²) >= 11 is 0. The van der Waals surface area contributed by atoms with E-state index in [9.17, 15) is 4.79 Å². The number of Topliss-reactive ketones (excluding diaryl/α,β-unsaturated/α-hetero) is 1. The lowest BCUT2D eigenvalue weighted by molar-refractivity contribution is -0.123. The van der Waals surface area contributed by atoms with Gasteiger partial charge < -0.3 is 4.74 Å². The van der Waals surface area contributed by atoms with Gasteiger partial charge in [-0.1, -0.05) is 43.3 Å². The van der Waals surface area contributed by atoms with Crippen LogP contribution in [0.25, 0.3) is 11.1 Å². The van der Waals surface area contributed by atoms with Crippen molar-refractivity contribution in [2.24, 2.45) is 5.92 Å². The molecular weight excluding hydrogens is 272 g/mol. The quantitative estimate of drug-likeness (QED) is 0.810. The number of benzene rings is 2. The number of rotatable bonds is 3. The third-order valence-electron chi connectivity index (χ3n) is 4.62. The number of ketones is 1. The zero-order chi connectivity index (χ0) is 15.5. The molecule has 0 N–H and O–H groups in total. The zero-order valence-electron chi connectivity index (χ0n) is 13.2. The molecule has 1 saturated carbocycles. The van der Waals surface area contributed by atoms with Gasteiger partial charge in [0.15, 0.2) is 0 Å². The smallest absolute Gasteiger partial charge is 0.140 e. The molecular formula is C20H22O2. The van der Waals surface area contributed by atoms with Gasteiger partial charge in [-0.05, 0) is 47.6 Å². The molecule has 2 aromatic rings. The predicted octanol–water partition coefficient (Wildman–Crippen LogP) is 4.83. The number of hydrogen-bond acceptors (Lipinski definition) is 2. The fourth-order valence-corrected chi connectivity index (χ4v) is 3.24. The highest BCUT2D eigenvalue weighted by Gasteiger charge is 2.27. The van der Waals surface area contributed by atoms with Crippen LogP contribution >= 0.6 is 0 Å². The zero-order valence-corrected chi connectivity index (χ0v) is 13.2. The molecule has 0 spiro atoms. The van der Waals surface area contributed by atoms with Crippen molar-refractivity contribution in [3.05, 3.63) is 54.1 Å². The summed E-state index contributed by atoms with van der Waals surface area (Å²) in [5, 5.41) is 0. The van der Waals surface area contributed by atoms with Crippen LogP contribution in [0.2, 0.25) is 0 Å². The van der Waals surface area contributed by atoms with Gasteiger partial charge in [0.1, 0.15) is 11.5 Å². The third kappa shape index (κ3) is 3.06. The Morgan fingerprint density at radius 3 is 2.05 bits per heavy atom. The maximum atomic E-state index is 12.2. The summed E-state index contributed by atoms with van der Waals surface area (Å²) in [6.45, 7) is 2.17. The summed E-state index contributed by atoms with van der Waals surface area (Å²) in [7, 11) is 1.67. The average molecular weight is 294 g/mol. The first kappa shape index (κ1) is 14.8. The molecule has 0 amide bonds. The van der Waals surface area contributed by atoms with Gasteiger partial charge in [0, 0.05) is 12.3 Å². The highest BCUT2D eigenvalue weighted by molar-refractivity contribution is 5.86. The average Bonchev–Trinajstić information content (AvgIpc) is 2.55. The number of ether oxygens (including phenoxy) is 1. The fraction of sp³-hybridized carbons (Fsp3) is 0.350. The van der Waals surface area contributed by atoms with E-state index in [-0.39, 0.29) is 5.92 Å². The minimum absolute atomic E-state index is 0.0983. The van der Waals surface area contributed by atoms with Crippen LogP contribution in [-0.4, -0.2) is 12.9 Å². The van der Waals surface area contributed by atoms with Crippen molar-refractivity contribution in [2.75, 3.05) is 7.11 Å². The maximum absolute atomic E-state index is 12.2.